The second kappa shape index (κ2) is 10.5. The molecule has 30 heavy (non-hydrogen) atoms. The van der Waals surface area contributed by atoms with Gasteiger partial charge in [0.05, 0.1) is 6.04 Å². The van der Waals surface area contributed by atoms with Gasteiger partial charge in [-0.05, 0) is 36.8 Å². The minimum Gasteiger partial charge on any atom is -0.435 e. The molecule has 3 aromatic carbocycles. The van der Waals surface area contributed by atoms with Crippen molar-refractivity contribution in [3.8, 4) is 5.75 Å². The first-order chi connectivity index (χ1) is 14.5. The zero-order valence-corrected chi connectivity index (χ0v) is 16.7. The number of ether oxygens (including phenoxy) is 1. The number of halogens is 2. The number of hydrogen-bond acceptors (Lipinski definition) is 2. The molecule has 0 aliphatic heterocycles. The summed E-state index contributed by atoms with van der Waals surface area (Å²) in [6, 6.07) is 25.8. The maximum Gasteiger partial charge on any atom is 0.387 e. The SMILES string of the molecule is C[C@H](NC(=O)C[NH2+][C@H](c1ccccc1)c1ccc(OC(F)F)cc1)c1ccccc1. The number of hydrogen-bond donors (Lipinski definition) is 2. The molecule has 0 aliphatic carbocycles. The van der Waals surface area contributed by atoms with Gasteiger partial charge < -0.3 is 15.4 Å². The van der Waals surface area contributed by atoms with Gasteiger partial charge in [-0.2, -0.15) is 8.78 Å². The second-order valence-electron chi connectivity index (χ2n) is 6.98. The summed E-state index contributed by atoms with van der Waals surface area (Å²) in [5.74, 6) is 0.0277. The Balaban J connectivity index is 1.68. The van der Waals surface area contributed by atoms with Crippen LogP contribution in [0.2, 0.25) is 0 Å². The number of rotatable bonds is 9. The van der Waals surface area contributed by atoms with Crippen molar-refractivity contribution in [2.75, 3.05) is 6.54 Å². The van der Waals surface area contributed by atoms with Crippen molar-refractivity contribution in [1.82, 2.24) is 5.32 Å². The summed E-state index contributed by atoms with van der Waals surface area (Å²) in [7, 11) is 0. The van der Waals surface area contributed by atoms with Crippen molar-refractivity contribution in [3.05, 3.63) is 102 Å². The van der Waals surface area contributed by atoms with Crippen molar-refractivity contribution in [3.63, 3.8) is 0 Å². The van der Waals surface area contributed by atoms with E-state index in [-0.39, 0.29) is 30.3 Å². The van der Waals surface area contributed by atoms with Crippen LogP contribution in [0.25, 0.3) is 0 Å². The normalized spacial score (nSPS) is 12.9. The number of carbonyl (C=O) groups excluding carboxylic acids is 1. The highest BCUT2D eigenvalue weighted by Gasteiger charge is 2.20. The van der Waals surface area contributed by atoms with Gasteiger partial charge >= 0.3 is 6.61 Å². The molecule has 0 saturated heterocycles. The van der Waals surface area contributed by atoms with Crippen LogP contribution in [0.15, 0.2) is 84.9 Å². The molecule has 0 aliphatic rings. The molecule has 0 radical (unpaired) electrons. The molecular formula is C24H25F2N2O2+. The first-order valence-electron chi connectivity index (χ1n) is 9.80. The van der Waals surface area contributed by atoms with E-state index in [9.17, 15) is 13.6 Å². The van der Waals surface area contributed by atoms with Crippen LogP contribution >= 0.6 is 0 Å². The minimum atomic E-state index is -2.86. The van der Waals surface area contributed by atoms with Gasteiger partial charge in [0.2, 0.25) is 0 Å². The Labute approximate surface area is 174 Å². The third kappa shape index (κ3) is 6.12. The van der Waals surface area contributed by atoms with Gasteiger partial charge in [0.15, 0.2) is 6.54 Å². The van der Waals surface area contributed by atoms with E-state index in [1.807, 2.05) is 72.9 Å². The predicted molar refractivity (Wildman–Crippen MR) is 111 cm³/mol. The lowest BCUT2D eigenvalue weighted by Gasteiger charge is -2.18. The fourth-order valence-electron chi connectivity index (χ4n) is 3.33. The predicted octanol–water partition coefficient (Wildman–Crippen LogP) is 3.82. The van der Waals surface area contributed by atoms with Crippen LogP contribution < -0.4 is 15.4 Å². The van der Waals surface area contributed by atoms with E-state index in [1.165, 1.54) is 12.1 Å². The highest BCUT2D eigenvalue weighted by atomic mass is 19.3. The van der Waals surface area contributed by atoms with Gasteiger partial charge in [-0.3, -0.25) is 4.79 Å². The lowest BCUT2D eigenvalue weighted by atomic mass is 9.98. The quantitative estimate of drug-likeness (QED) is 0.563. The maximum atomic E-state index is 12.5. The molecule has 0 aromatic heterocycles. The molecular weight excluding hydrogens is 386 g/mol. The molecule has 2 atom stereocenters. The van der Waals surface area contributed by atoms with Gasteiger partial charge in [-0.25, -0.2) is 0 Å². The van der Waals surface area contributed by atoms with Gasteiger partial charge in [-0.15, -0.1) is 0 Å². The highest BCUT2D eigenvalue weighted by Crippen LogP contribution is 2.22. The highest BCUT2D eigenvalue weighted by molar-refractivity contribution is 5.77. The average Bonchev–Trinajstić information content (AvgIpc) is 2.76. The van der Waals surface area contributed by atoms with Crippen molar-refractivity contribution >= 4 is 5.91 Å². The van der Waals surface area contributed by atoms with E-state index in [0.29, 0.717) is 0 Å². The topological polar surface area (TPSA) is 54.9 Å². The summed E-state index contributed by atoms with van der Waals surface area (Å²) in [6.45, 7) is -0.682. The summed E-state index contributed by atoms with van der Waals surface area (Å²) in [5.41, 5.74) is 2.95. The fraction of sp³-hybridized carbons (Fsp3) is 0.208. The largest absolute Gasteiger partial charge is 0.435 e. The van der Waals surface area contributed by atoms with Gasteiger partial charge in [-0.1, -0.05) is 60.7 Å². The van der Waals surface area contributed by atoms with Crippen LogP contribution in [0.4, 0.5) is 8.78 Å². The summed E-state index contributed by atoms with van der Waals surface area (Å²) in [4.78, 5) is 12.5. The zero-order valence-electron chi connectivity index (χ0n) is 16.7. The minimum absolute atomic E-state index is 0.0788. The monoisotopic (exact) mass is 411 g/mol. The van der Waals surface area contributed by atoms with Crippen molar-refractivity contribution in [1.29, 1.82) is 0 Å². The van der Waals surface area contributed by atoms with Gasteiger partial charge in [0.1, 0.15) is 11.8 Å². The lowest BCUT2D eigenvalue weighted by molar-refractivity contribution is -0.676. The number of nitrogens with two attached hydrogens (primary N) is 1. The molecule has 0 unspecified atom stereocenters. The second-order valence-corrected chi connectivity index (χ2v) is 6.98. The Morgan fingerprint density at radius 1 is 0.867 bits per heavy atom. The van der Waals surface area contributed by atoms with E-state index in [2.05, 4.69) is 10.1 Å². The fourth-order valence-corrected chi connectivity index (χ4v) is 3.33. The number of quaternary nitrogens is 1. The first-order valence-corrected chi connectivity index (χ1v) is 9.80. The van der Waals surface area contributed by atoms with Crippen molar-refractivity contribution < 1.29 is 23.6 Å². The molecule has 0 fully saturated rings. The molecule has 0 spiro atoms. The van der Waals surface area contributed by atoms with E-state index >= 15 is 0 Å². The summed E-state index contributed by atoms with van der Waals surface area (Å²) in [6.07, 6.45) is 0. The number of alkyl halides is 2. The van der Waals surface area contributed by atoms with Crippen LogP contribution in [0.1, 0.15) is 35.7 Å². The third-order valence-electron chi connectivity index (χ3n) is 4.84. The Morgan fingerprint density at radius 2 is 1.40 bits per heavy atom. The average molecular weight is 411 g/mol. The summed E-state index contributed by atoms with van der Waals surface area (Å²) < 4.78 is 29.2. The van der Waals surface area contributed by atoms with Gasteiger partial charge in [0.25, 0.3) is 5.91 Å². The number of amides is 1. The lowest BCUT2D eigenvalue weighted by Crippen LogP contribution is -2.87. The molecule has 156 valence electrons. The maximum absolute atomic E-state index is 12.5. The van der Waals surface area contributed by atoms with Crippen LogP contribution in [0, 0.1) is 0 Å². The smallest absolute Gasteiger partial charge is 0.387 e. The molecule has 1 amide bonds. The molecule has 0 bridgehead atoms. The van der Waals surface area contributed by atoms with Crippen LogP contribution in [-0.2, 0) is 4.79 Å². The Bertz CT molecular complexity index is 919. The van der Waals surface area contributed by atoms with E-state index in [0.717, 1.165) is 16.7 Å². The Kier molecular flexibility index (Phi) is 7.51. The molecule has 3 N–H and O–H groups in total. The summed E-state index contributed by atoms with van der Waals surface area (Å²) >= 11 is 0. The van der Waals surface area contributed by atoms with E-state index in [4.69, 9.17) is 0 Å². The number of benzene rings is 3. The molecule has 6 heteroatoms. The van der Waals surface area contributed by atoms with E-state index in [1.54, 1.807) is 12.1 Å². The van der Waals surface area contributed by atoms with Crippen molar-refractivity contribution in [2.45, 2.75) is 25.6 Å². The van der Waals surface area contributed by atoms with Crippen LogP contribution in [0.5, 0.6) is 5.75 Å². The Morgan fingerprint density at radius 3 is 1.97 bits per heavy atom. The Hall–Kier alpha value is -3.25. The molecule has 0 saturated carbocycles. The van der Waals surface area contributed by atoms with E-state index < -0.39 is 6.61 Å². The van der Waals surface area contributed by atoms with Crippen LogP contribution in [0.3, 0.4) is 0 Å². The standard InChI is InChI=1S/C24H24F2N2O2/c1-17(18-8-4-2-5-9-18)28-22(29)16-27-23(19-10-6-3-7-11-19)20-12-14-21(15-13-20)30-24(25)26/h2-15,17,23-24,27H,16H2,1H3,(H,28,29)/p+1/t17-,23+/m0/s1. The molecule has 3 aromatic rings. The van der Waals surface area contributed by atoms with Crippen LogP contribution in [-0.4, -0.2) is 19.1 Å². The van der Waals surface area contributed by atoms with Gasteiger partial charge in [0, 0.05) is 11.1 Å². The first kappa shape index (κ1) is 21.5. The zero-order chi connectivity index (χ0) is 21.3. The van der Waals surface area contributed by atoms with Crippen molar-refractivity contribution in [2.24, 2.45) is 0 Å². The summed E-state index contributed by atoms with van der Waals surface area (Å²) in [5, 5.41) is 4.95. The molecule has 4 nitrogen and oxygen atoms in total. The molecule has 0 heterocycles. The third-order valence-corrected chi connectivity index (χ3v) is 4.84. The molecule has 3 rings (SSSR count). The number of nitrogens with one attached hydrogen (secondary N) is 1. The number of carbonyl (C=O) groups is 1.